The quantitative estimate of drug-likeness (QED) is 0.620. The van der Waals surface area contributed by atoms with E-state index in [4.69, 9.17) is 14.2 Å². The molecule has 0 spiro atoms. The number of ketones is 1. The molecule has 0 aromatic heterocycles. The second-order valence-electron chi connectivity index (χ2n) is 9.38. The van der Waals surface area contributed by atoms with Gasteiger partial charge in [-0.3, -0.25) is 9.69 Å². The number of rotatable bonds is 7. The van der Waals surface area contributed by atoms with Crippen LogP contribution in [0.2, 0.25) is 0 Å². The lowest BCUT2D eigenvalue weighted by Gasteiger charge is -2.38. The molecule has 1 aliphatic carbocycles. The van der Waals surface area contributed by atoms with E-state index in [2.05, 4.69) is 21.9 Å². The van der Waals surface area contributed by atoms with E-state index in [1.165, 1.54) is 5.69 Å². The number of piperazine rings is 1. The van der Waals surface area contributed by atoms with Crippen LogP contribution in [0.3, 0.4) is 0 Å². The van der Waals surface area contributed by atoms with Gasteiger partial charge in [0.2, 0.25) is 0 Å². The molecule has 1 saturated carbocycles. The number of fused-ring (bicyclic) bond motifs is 1. The third-order valence-electron chi connectivity index (χ3n) is 7.36. The van der Waals surface area contributed by atoms with E-state index in [0.29, 0.717) is 5.57 Å². The molecule has 3 unspecified atom stereocenters. The summed E-state index contributed by atoms with van der Waals surface area (Å²) in [6, 6.07) is 18.1. The van der Waals surface area contributed by atoms with E-state index in [0.717, 1.165) is 69.9 Å². The van der Waals surface area contributed by atoms with Crippen molar-refractivity contribution >= 4 is 17.0 Å². The van der Waals surface area contributed by atoms with Crippen molar-refractivity contribution in [3.8, 4) is 5.75 Å². The summed E-state index contributed by atoms with van der Waals surface area (Å²) >= 11 is 0. The van der Waals surface area contributed by atoms with Crippen LogP contribution in [-0.2, 0) is 14.3 Å². The highest BCUT2D eigenvalue weighted by Crippen LogP contribution is 2.37. The van der Waals surface area contributed by atoms with Gasteiger partial charge in [-0.15, -0.1) is 0 Å². The third kappa shape index (κ3) is 5.13. The number of carbonyl (C=O) groups excluding carboxylic acids is 1. The number of allylic oxidation sites excluding steroid dienone is 1. The van der Waals surface area contributed by atoms with Gasteiger partial charge in [-0.2, -0.15) is 0 Å². The first-order valence-corrected chi connectivity index (χ1v) is 12.4. The third-order valence-corrected chi connectivity index (χ3v) is 7.36. The Balaban J connectivity index is 1.05. The van der Waals surface area contributed by atoms with E-state index in [9.17, 15) is 4.79 Å². The minimum Gasteiger partial charge on any atom is -0.497 e. The largest absolute Gasteiger partial charge is 0.497 e. The van der Waals surface area contributed by atoms with Gasteiger partial charge in [-0.1, -0.05) is 30.3 Å². The molecule has 0 amide bonds. The molecule has 3 aliphatic rings. The minimum atomic E-state index is -0.0632. The fourth-order valence-corrected chi connectivity index (χ4v) is 5.31. The van der Waals surface area contributed by atoms with Crippen molar-refractivity contribution in [2.24, 2.45) is 5.92 Å². The Kier molecular flexibility index (Phi) is 7.16. The van der Waals surface area contributed by atoms with Crippen LogP contribution in [0.15, 0.2) is 60.9 Å². The lowest BCUT2D eigenvalue weighted by Crippen LogP contribution is -2.47. The smallest absolute Gasteiger partial charge is 0.173 e. The lowest BCUT2D eigenvalue weighted by atomic mass is 9.78. The number of hydrogen-bond donors (Lipinski definition) is 0. The molecule has 2 aliphatic heterocycles. The number of benzene rings is 2. The molecule has 6 heteroatoms. The van der Waals surface area contributed by atoms with E-state index in [-0.39, 0.29) is 23.9 Å². The first-order valence-electron chi connectivity index (χ1n) is 12.4. The Morgan fingerprint density at radius 2 is 1.74 bits per heavy atom. The highest BCUT2D eigenvalue weighted by atomic mass is 16.5. The lowest BCUT2D eigenvalue weighted by molar-refractivity contribution is -0.128. The SMILES string of the molecule is COc1ccc(N2CCN(CCOC3CCC4C(=O)C(c5ccccc5)=COC4C3)CC2)cc1. The second kappa shape index (κ2) is 10.6. The number of Topliss-reactive ketones (excluding diaryl/α,β-unsaturated/α-hetero) is 1. The summed E-state index contributed by atoms with van der Waals surface area (Å²) in [5.41, 5.74) is 2.89. The average molecular weight is 463 g/mol. The Morgan fingerprint density at radius 1 is 0.971 bits per heavy atom. The van der Waals surface area contributed by atoms with Crippen LogP contribution in [0.1, 0.15) is 24.8 Å². The topological polar surface area (TPSA) is 51.2 Å². The molecule has 180 valence electrons. The average Bonchev–Trinajstić information content (AvgIpc) is 2.90. The van der Waals surface area contributed by atoms with Gasteiger partial charge in [0.25, 0.3) is 0 Å². The number of anilines is 1. The monoisotopic (exact) mass is 462 g/mol. The van der Waals surface area contributed by atoms with Crippen molar-refractivity contribution in [1.82, 2.24) is 4.90 Å². The van der Waals surface area contributed by atoms with Crippen molar-refractivity contribution in [1.29, 1.82) is 0 Å². The maximum atomic E-state index is 13.0. The summed E-state index contributed by atoms with van der Waals surface area (Å²) in [4.78, 5) is 17.9. The summed E-state index contributed by atoms with van der Waals surface area (Å²) in [6.07, 6.45) is 4.32. The van der Waals surface area contributed by atoms with Crippen molar-refractivity contribution in [2.75, 3.05) is 51.3 Å². The maximum absolute atomic E-state index is 13.0. The van der Waals surface area contributed by atoms with Crippen LogP contribution in [0, 0.1) is 5.92 Å². The van der Waals surface area contributed by atoms with E-state index in [1.54, 1.807) is 13.4 Å². The van der Waals surface area contributed by atoms with Gasteiger partial charge < -0.3 is 19.1 Å². The van der Waals surface area contributed by atoms with Crippen LogP contribution in [-0.4, -0.2) is 69.3 Å². The number of hydrogen-bond acceptors (Lipinski definition) is 6. The fraction of sp³-hybridized carbons (Fsp3) is 0.464. The molecule has 2 heterocycles. The van der Waals surface area contributed by atoms with Gasteiger partial charge in [-0.25, -0.2) is 0 Å². The van der Waals surface area contributed by atoms with Gasteiger partial charge in [0.05, 0.1) is 37.6 Å². The summed E-state index contributed by atoms with van der Waals surface area (Å²) in [6.45, 7) is 5.78. The van der Waals surface area contributed by atoms with Gasteiger partial charge in [-0.05, 0) is 42.7 Å². The molecule has 0 N–H and O–H groups in total. The van der Waals surface area contributed by atoms with E-state index >= 15 is 0 Å². The first kappa shape index (κ1) is 22.9. The fourth-order valence-electron chi connectivity index (χ4n) is 5.31. The van der Waals surface area contributed by atoms with Crippen molar-refractivity contribution in [3.63, 3.8) is 0 Å². The van der Waals surface area contributed by atoms with Crippen LogP contribution in [0.5, 0.6) is 5.75 Å². The highest BCUT2D eigenvalue weighted by Gasteiger charge is 2.40. The molecule has 5 rings (SSSR count). The summed E-state index contributed by atoms with van der Waals surface area (Å²) in [5, 5.41) is 0. The van der Waals surface area contributed by atoms with Gasteiger partial charge in [0.1, 0.15) is 11.9 Å². The Hall–Kier alpha value is -2.83. The number of carbonyl (C=O) groups is 1. The maximum Gasteiger partial charge on any atom is 0.173 e. The summed E-state index contributed by atoms with van der Waals surface area (Å²) in [5.74, 6) is 1.06. The number of nitrogens with zero attached hydrogens (tertiary/aromatic N) is 2. The molecule has 2 aromatic rings. The molecule has 3 atom stereocenters. The van der Waals surface area contributed by atoms with Crippen LogP contribution in [0.25, 0.3) is 5.57 Å². The van der Waals surface area contributed by atoms with Crippen molar-refractivity contribution < 1.29 is 19.0 Å². The zero-order chi connectivity index (χ0) is 23.3. The van der Waals surface area contributed by atoms with Gasteiger partial charge in [0.15, 0.2) is 5.78 Å². The van der Waals surface area contributed by atoms with Crippen LogP contribution in [0.4, 0.5) is 5.69 Å². The predicted octanol–water partition coefficient (Wildman–Crippen LogP) is 4.01. The normalized spacial score (nSPS) is 25.3. The molecule has 34 heavy (non-hydrogen) atoms. The van der Waals surface area contributed by atoms with Gasteiger partial charge in [0, 0.05) is 44.8 Å². The minimum absolute atomic E-state index is 0.0499. The molecule has 2 aromatic carbocycles. The standard InChI is InChI=1S/C28H34N2O4/c1-32-23-9-7-22(8-10-23)30-15-13-29(14-16-30)17-18-33-24-11-12-25-27(19-24)34-20-26(28(25)31)21-5-3-2-4-6-21/h2-10,20,24-25,27H,11-19H2,1H3. The van der Waals surface area contributed by atoms with Crippen LogP contribution < -0.4 is 9.64 Å². The highest BCUT2D eigenvalue weighted by molar-refractivity contribution is 6.22. The first-order chi connectivity index (χ1) is 16.7. The molecule has 1 saturated heterocycles. The second-order valence-corrected chi connectivity index (χ2v) is 9.38. The zero-order valence-corrected chi connectivity index (χ0v) is 19.9. The van der Waals surface area contributed by atoms with E-state index < -0.39 is 0 Å². The van der Waals surface area contributed by atoms with Crippen LogP contribution >= 0.6 is 0 Å². The summed E-state index contributed by atoms with van der Waals surface area (Å²) < 4.78 is 17.5. The van der Waals surface area contributed by atoms with E-state index in [1.807, 2.05) is 42.5 Å². The summed E-state index contributed by atoms with van der Waals surface area (Å²) in [7, 11) is 1.70. The Labute approximate surface area is 202 Å². The molecule has 6 nitrogen and oxygen atoms in total. The zero-order valence-electron chi connectivity index (χ0n) is 19.9. The molecular formula is C28H34N2O4. The van der Waals surface area contributed by atoms with Gasteiger partial charge >= 0.3 is 0 Å². The molecule has 0 bridgehead atoms. The van der Waals surface area contributed by atoms with Crippen molar-refractivity contribution in [3.05, 3.63) is 66.4 Å². The molecule has 2 fully saturated rings. The Bertz CT molecular complexity index is 983. The number of ether oxygens (including phenoxy) is 3. The number of methoxy groups -OCH3 is 1. The molecule has 0 radical (unpaired) electrons. The molecular weight excluding hydrogens is 428 g/mol. The Morgan fingerprint density at radius 3 is 2.47 bits per heavy atom. The van der Waals surface area contributed by atoms with Crippen molar-refractivity contribution in [2.45, 2.75) is 31.5 Å². The predicted molar refractivity (Wildman–Crippen MR) is 133 cm³/mol.